The summed E-state index contributed by atoms with van der Waals surface area (Å²) in [5.74, 6) is -0.446. The summed E-state index contributed by atoms with van der Waals surface area (Å²) >= 11 is 7.53. The number of benzene rings is 2. The molecule has 0 fully saturated rings. The van der Waals surface area contributed by atoms with Gasteiger partial charge in [0, 0.05) is 33.3 Å². The highest BCUT2D eigenvalue weighted by atomic mass is 35.5. The van der Waals surface area contributed by atoms with Crippen LogP contribution in [0.25, 0.3) is 0 Å². The average Bonchev–Trinajstić information content (AvgIpc) is 2.44. The molecular formula is C16H16ClF2NS. The van der Waals surface area contributed by atoms with E-state index >= 15 is 0 Å². The quantitative estimate of drug-likeness (QED) is 0.744. The first-order chi connectivity index (χ1) is 10.1. The molecule has 0 bridgehead atoms. The van der Waals surface area contributed by atoms with Gasteiger partial charge in [0.1, 0.15) is 11.6 Å². The van der Waals surface area contributed by atoms with Crippen molar-refractivity contribution in [3.8, 4) is 0 Å². The van der Waals surface area contributed by atoms with Gasteiger partial charge in [0.15, 0.2) is 0 Å². The molecule has 0 radical (unpaired) electrons. The highest BCUT2D eigenvalue weighted by molar-refractivity contribution is 7.99. The third-order valence-corrected chi connectivity index (χ3v) is 4.32. The molecule has 1 atom stereocenters. The van der Waals surface area contributed by atoms with E-state index < -0.39 is 11.6 Å². The highest BCUT2D eigenvalue weighted by Gasteiger charge is 2.16. The van der Waals surface area contributed by atoms with Gasteiger partial charge in [-0.3, -0.25) is 0 Å². The molecule has 0 aliphatic heterocycles. The fourth-order valence-electron chi connectivity index (χ4n) is 2.03. The summed E-state index contributed by atoms with van der Waals surface area (Å²) in [6.45, 7) is 2.66. The molecule has 0 aromatic heterocycles. The van der Waals surface area contributed by atoms with Crippen LogP contribution in [0.1, 0.15) is 18.5 Å². The zero-order chi connectivity index (χ0) is 15.2. The van der Waals surface area contributed by atoms with Crippen LogP contribution >= 0.6 is 23.4 Å². The van der Waals surface area contributed by atoms with Crippen LogP contribution in [0, 0.1) is 11.6 Å². The molecule has 5 heteroatoms. The second-order valence-corrected chi connectivity index (χ2v) is 6.07. The molecule has 0 aliphatic carbocycles. The van der Waals surface area contributed by atoms with Crippen molar-refractivity contribution in [3.63, 3.8) is 0 Å². The van der Waals surface area contributed by atoms with Gasteiger partial charge >= 0.3 is 0 Å². The van der Waals surface area contributed by atoms with Gasteiger partial charge in [-0.15, -0.1) is 11.8 Å². The molecule has 2 aromatic carbocycles. The minimum Gasteiger partial charge on any atom is -0.309 e. The number of nitrogens with one attached hydrogen (secondary N) is 1. The lowest BCUT2D eigenvalue weighted by molar-refractivity contribution is 0.531. The zero-order valence-corrected chi connectivity index (χ0v) is 13.1. The summed E-state index contributed by atoms with van der Waals surface area (Å²) in [6.07, 6.45) is 0. The van der Waals surface area contributed by atoms with Crippen molar-refractivity contribution in [2.75, 3.05) is 12.3 Å². The third kappa shape index (κ3) is 4.70. The Bertz CT molecular complexity index is 607. The van der Waals surface area contributed by atoms with Gasteiger partial charge in [-0.1, -0.05) is 30.7 Å². The number of rotatable bonds is 6. The summed E-state index contributed by atoms with van der Waals surface area (Å²) in [7, 11) is 0. The molecule has 0 amide bonds. The van der Waals surface area contributed by atoms with E-state index in [1.54, 1.807) is 11.8 Å². The Balaban J connectivity index is 2.12. The van der Waals surface area contributed by atoms with E-state index in [1.807, 2.05) is 31.2 Å². The first-order valence-electron chi connectivity index (χ1n) is 6.67. The molecule has 2 rings (SSSR count). The minimum absolute atomic E-state index is 0.181. The monoisotopic (exact) mass is 327 g/mol. The number of thioether (sulfide) groups is 1. The fourth-order valence-corrected chi connectivity index (χ4v) is 3.32. The normalized spacial score (nSPS) is 12.4. The van der Waals surface area contributed by atoms with Gasteiger partial charge in [-0.25, -0.2) is 8.78 Å². The molecule has 2 aromatic rings. The van der Waals surface area contributed by atoms with E-state index in [1.165, 1.54) is 12.1 Å². The summed E-state index contributed by atoms with van der Waals surface area (Å²) < 4.78 is 26.9. The second kappa shape index (κ2) is 7.78. The predicted molar refractivity (Wildman–Crippen MR) is 85.0 cm³/mol. The molecule has 0 aliphatic rings. The van der Waals surface area contributed by atoms with Crippen molar-refractivity contribution in [2.24, 2.45) is 0 Å². The Morgan fingerprint density at radius 2 is 2.00 bits per heavy atom. The van der Waals surface area contributed by atoms with Crippen LogP contribution in [0.5, 0.6) is 0 Å². The SMILES string of the molecule is CCNC(CSc1cccc(Cl)c1)c1ccc(F)cc1F. The van der Waals surface area contributed by atoms with Crippen molar-refractivity contribution in [1.29, 1.82) is 0 Å². The van der Waals surface area contributed by atoms with Crippen molar-refractivity contribution in [1.82, 2.24) is 5.32 Å². The molecule has 0 spiro atoms. The smallest absolute Gasteiger partial charge is 0.130 e. The van der Waals surface area contributed by atoms with E-state index in [0.717, 1.165) is 11.0 Å². The Morgan fingerprint density at radius 3 is 2.67 bits per heavy atom. The molecule has 21 heavy (non-hydrogen) atoms. The van der Waals surface area contributed by atoms with Crippen LogP contribution in [0.2, 0.25) is 5.02 Å². The van der Waals surface area contributed by atoms with Crippen molar-refractivity contribution in [3.05, 3.63) is 64.7 Å². The molecule has 112 valence electrons. The minimum atomic E-state index is -0.561. The lowest BCUT2D eigenvalue weighted by atomic mass is 10.1. The zero-order valence-electron chi connectivity index (χ0n) is 11.6. The Labute approximate surface area is 132 Å². The van der Waals surface area contributed by atoms with Crippen molar-refractivity contribution < 1.29 is 8.78 Å². The van der Waals surface area contributed by atoms with E-state index in [9.17, 15) is 8.78 Å². The number of hydrogen-bond acceptors (Lipinski definition) is 2. The van der Waals surface area contributed by atoms with E-state index in [-0.39, 0.29) is 6.04 Å². The standard InChI is InChI=1S/C16H16ClF2NS/c1-2-20-16(14-7-6-12(18)9-15(14)19)10-21-13-5-3-4-11(17)8-13/h3-9,16,20H,2,10H2,1H3. The van der Waals surface area contributed by atoms with E-state index in [0.29, 0.717) is 22.9 Å². The molecule has 1 unspecified atom stereocenters. The number of hydrogen-bond donors (Lipinski definition) is 1. The Morgan fingerprint density at radius 1 is 1.19 bits per heavy atom. The number of halogens is 3. The maximum Gasteiger partial charge on any atom is 0.130 e. The van der Waals surface area contributed by atoms with Crippen LogP contribution in [-0.4, -0.2) is 12.3 Å². The van der Waals surface area contributed by atoms with Gasteiger partial charge in [-0.05, 0) is 30.8 Å². The lowest BCUT2D eigenvalue weighted by Crippen LogP contribution is -2.24. The fraction of sp³-hybridized carbons (Fsp3) is 0.250. The summed E-state index contributed by atoms with van der Waals surface area (Å²) in [4.78, 5) is 1.02. The van der Waals surface area contributed by atoms with Crippen molar-refractivity contribution in [2.45, 2.75) is 17.9 Å². The maximum atomic E-state index is 13.9. The topological polar surface area (TPSA) is 12.0 Å². The molecule has 0 saturated carbocycles. The molecule has 1 nitrogen and oxygen atoms in total. The van der Waals surface area contributed by atoms with Gasteiger partial charge in [0.25, 0.3) is 0 Å². The average molecular weight is 328 g/mol. The maximum absolute atomic E-state index is 13.9. The summed E-state index contributed by atoms with van der Waals surface area (Å²) in [5, 5.41) is 3.90. The Kier molecular flexibility index (Phi) is 6.03. The van der Waals surface area contributed by atoms with Crippen LogP contribution in [-0.2, 0) is 0 Å². The van der Waals surface area contributed by atoms with Gasteiger partial charge < -0.3 is 5.32 Å². The first-order valence-corrected chi connectivity index (χ1v) is 8.03. The summed E-state index contributed by atoms with van der Waals surface area (Å²) in [5.41, 5.74) is 0.479. The van der Waals surface area contributed by atoms with Gasteiger partial charge in [0.2, 0.25) is 0 Å². The van der Waals surface area contributed by atoms with Crippen molar-refractivity contribution >= 4 is 23.4 Å². The van der Waals surface area contributed by atoms with Crippen LogP contribution < -0.4 is 5.32 Å². The molecule has 1 N–H and O–H groups in total. The van der Waals surface area contributed by atoms with Crippen LogP contribution in [0.15, 0.2) is 47.4 Å². The molecule has 0 saturated heterocycles. The third-order valence-electron chi connectivity index (χ3n) is 3.00. The first kappa shape index (κ1) is 16.3. The van der Waals surface area contributed by atoms with E-state index in [4.69, 9.17) is 11.6 Å². The van der Waals surface area contributed by atoms with Crippen LogP contribution in [0.3, 0.4) is 0 Å². The van der Waals surface area contributed by atoms with Crippen LogP contribution in [0.4, 0.5) is 8.78 Å². The largest absolute Gasteiger partial charge is 0.309 e. The highest BCUT2D eigenvalue weighted by Crippen LogP contribution is 2.28. The second-order valence-electron chi connectivity index (χ2n) is 4.54. The van der Waals surface area contributed by atoms with Gasteiger partial charge in [-0.2, -0.15) is 0 Å². The Hall–Kier alpha value is -1.10. The molecular weight excluding hydrogens is 312 g/mol. The lowest BCUT2D eigenvalue weighted by Gasteiger charge is -2.18. The summed E-state index contributed by atoms with van der Waals surface area (Å²) in [6, 6.07) is 11.0. The van der Waals surface area contributed by atoms with Gasteiger partial charge in [0.05, 0.1) is 0 Å². The van der Waals surface area contributed by atoms with E-state index in [2.05, 4.69) is 5.32 Å². The predicted octanol–water partition coefficient (Wildman–Crippen LogP) is 5.06. The molecule has 0 heterocycles.